The van der Waals surface area contributed by atoms with Gasteiger partial charge in [0, 0.05) is 6.07 Å². The van der Waals surface area contributed by atoms with Gasteiger partial charge in [-0.2, -0.15) is 0 Å². The second-order valence-corrected chi connectivity index (χ2v) is 10.1. The Morgan fingerprint density at radius 1 is 0.943 bits per heavy atom. The van der Waals surface area contributed by atoms with Crippen LogP contribution in [0.4, 0.5) is 8.78 Å². The fraction of sp³-hybridized carbons (Fsp3) is 0.452. The number of benzene rings is 2. The molecule has 0 N–H and O–H groups in total. The fourth-order valence-electron chi connectivity index (χ4n) is 6.01. The lowest BCUT2D eigenvalue weighted by Crippen LogP contribution is -2.30. The van der Waals surface area contributed by atoms with Crippen LogP contribution in [0.15, 0.2) is 60.7 Å². The summed E-state index contributed by atoms with van der Waals surface area (Å²) in [4.78, 5) is 12.6. The molecule has 0 bridgehead atoms. The zero-order valence-corrected chi connectivity index (χ0v) is 20.8. The number of halogens is 2. The summed E-state index contributed by atoms with van der Waals surface area (Å²) in [5.74, 6) is 0.990. The van der Waals surface area contributed by atoms with Crippen LogP contribution in [0.1, 0.15) is 86.2 Å². The van der Waals surface area contributed by atoms with E-state index in [-0.39, 0.29) is 23.0 Å². The van der Waals surface area contributed by atoms with Gasteiger partial charge in [0.2, 0.25) is 0 Å². The predicted octanol–water partition coefficient (Wildman–Crippen LogP) is 8.57. The van der Waals surface area contributed by atoms with Gasteiger partial charge in [0.25, 0.3) is 0 Å². The van der Waals surface area contributed by atoms with Crippen molar-refractivity contribution >= 4 is 5.97 Å². The van der Waals surface area contributed by atoms with E-state index < -0.39 is 11.8 Å². The van der Waals surface area contributed by atoms with Crippen LogP contribution in [-0.4, -0.2) is 5.97 Å². The Labute approximate surface area is 208 Å². The maximum Gasteiger partial charge on any atom is 0.343 e. The van der Waals surface area contributed by atoms with E-state index >= 15 is 4.39 Å². The average Bonchev–Trinajstić information content (AvgIpc) is 2.85. The number of ether oxygens (including phenoxy) is 1. The second kappa shape index (κ2) is 11.8. The molecule has 0 radical (unpaired) electrons. The Bertz CT molecular complexity index is 1090. The first-order valence-corrected chi connectivity index (χ1v) is 13.0. The number of fused-ring (bicyclic) bond motifs is 1. The van der Waals surface area contributed by atoms with Gasteiger partial charge in [0.05, 0.1) is 5.56 Å². The molecule has 2 aliphatic carbocycles. The highest BCUT2D eigenvalue weighted by Gasteiger charge is 2.36. The second-order valence-electron chi connectivity index (χ2n) is 10.1. The van der Waals surface area contributed by atoms with Crippen molar-refractivity contribution in [1.82, 2.24) is 0 Å². The molecule has 2 fully saturated rings. The van der Waals surface area contributed by atoms with E-state index in [2.05, 4.69) is 19.1 Å². The monoisotopic (exact) mass is 478 g/mol. The van der Waals surface area contributed by atoms with Crippen LogP contribution in [0.25, 0.3) is 0 Å². The standard InChI is InChI=1S/C31H36F2O2/c1-3-5-6-8-22-13-15-27(20-29(22)32)35-31(34)26-14-16-28(30(33)19-26)25-12-11-23-17-21(7-4-2)9-10-24(23)18-25/h3-5,7,13-16,19-21,23-25H,6,8-12,17-18H2,1-2H3/b5-3+,7-4+. The molecule has 2 saturated carbocycles. The number of hydrogen-bond donors (Lipinski definition) is 0. The van der Waals surface area contributed by atoms with E-state index in [1.54, 1.807) is 24.3 Å². The highest BCUT2D eigenvalue weighted by molar-refractivity contribution is 5.91. The number of aryl methyl sites for hydroxylation is 1. The Balaban J connectivity index is 1.38. The summed E-state index contributed by atoms with van der Waals surface area (Å²) in [6.07, 6.45) is 16.6. The molecule has 0 spiro atoms. The third-order valence-corrected chi connectivity index (χ3v) is 7.85. The number of allylic oxidation sites excluding steroid dienone is 4. The van der Waals surface area contributed by atoms with E-state index in [0.717, 1.165) is 31.6 Å². The van der Waals surface area contributed by atoms with Crippen molar-refractivity contribution in [3.8, 4) is 5.75 Å². The van der Waals surface area contributed by atoms with Gasteiger partial charge >= 0.3 is 5.97 Å². The molecule has 0 heterocycles. The smallest absolute Gasteiger partial charge is 0.343 e. The molecule has 0 aliphatic heterocycles. The molecular formula is C31H36F2O2. The minimum absolute atomic E-state index is 0.124. The lowest BCUT2D eigenvalue weighted by atomic mass is 9.64. The van der Waals surface area contributed by atoms with Crippen LogP contribution in [-0.2, 0) is 6.42 Å². The van der Waals surface area contributed by atoms with Gasteiger partial charge in [-0.3, -0.25) is 0 Å². The Morgan fingerprint density at radius 2 is 1.74 bits per heavy atom. The molecule has 4 rings (SSSR count). The largest absolute Gasteiger partial charge is 0.423 e. The molecule has 2 aliphatic rings. The Kier molecular flexibility index (Phi) is 8.54. The molecule has 4 heteroatoms. The van der Waals surface area contributed by atoms with Crippen molar-refractivity contribution in [2.24, 2.45) is 17.8 Å². The Hall–Kier alpha value is -2.75. The van der Waals surface area contributed by atoms with Gasteiger partial charge in [-0.1, -0.05) is 36.4 Å². The predicted molar refractivity (Wildman–Crippen MR) is 137 cm³/mol. The molecule has 0 saturated heterocycles. The third-order valence-electron chi connectivity index (χ3n) is 7.85. The summed E-state index contributed by atoms with van der Waals surface area (Å²) in [5, 5.41) is 0. The summed E-state index contributed by atoms with van der Waals surface area (Å²) in [7, 11) is 0. The molecule has 0 aromatic heterocycles. The molecule has 2 aromatic carbocycles. The molecule has 4 atom stereocenters. The van der Waals surface area contributed by atoms with E-state index in [0.29, 0.717) is 29.4 Å². The number of carbonyl (C=O) groups excluding carboxylic acids is 1. The van der Waals surface area contributed by atoms with Crippen LogP contribution >= 0.6 is 0 Å². The molecular weight excluding hydrogens is 442 g/mol. The topological polar surface area (TPSA) is 26.3 Å². The zero-order chi connectivity index (χ0) is 24.8. The van der Waals surface area contributed by atoms with Gasteiger partial charge in [0.1, 0.15) is 17.4 Å². The van der Waals surface area contributed by atoms with E-state index in [1.165, 1.54) is 31.4 Å². The molecule has 2 aromatic rings. The molecule has 186 valence electrons. The first-order valence-electron chi connectivity index (χ1n) is 13.0. The van der Waals surface area contributed by atoms with Crippen LogP contribution in [0, 0.1) is 29.4 Å². The van der Waals surface area contributed by atoms with Crippen molar-refractivity contribution in [2.45, 2.75) is 71.1 Å². The maximum atomic E-state index is 15.1. The summed E-state index contributed by atoms with van der Waals surface area (Å²) in [6.45, 7) is 4.02. The van der Waals surface area contributed by atoms with Gasteiger partial charge in [-0.25, -0.2) is 13.6 Å². The molecule has 0 amide bonds. The van der Waals surface area contributed by atoms with E-state index in [1.807, 2.05) is 19.1 Å². The zero-order valence-electron chi connectivity index (χ0n) is 20.8. The summed E-state index contributed by atoms with van der Waals surface area (Å²) >= 11 is 0. The molecule has 35 heavy (non-hydrogen) atoms. The molecule has 4 unspecified atom stereocenters. The van der Waals surface area contributed by atoms with Crippen molar-refractivity contribution < 1.29 is 18.3 Å². The lowest BCUT2D eigenvalue weighted by Gasteiger charge is -2.41. The maximum absolute atomic E-state index is 15.1. The number of rotatable bonds is 7. The minimum Gasteiger partial charge on any atom is -0.423 e. The summed E-state index contributed by atoms with van der Waals surface area (Å²) in [5.41, 5.74) is 1.42. The van der Waals surface area contributed by atoms with E-state index in [4.69, 9.17) is 4.74 Å². The van der Waals surface area contributed by atoms with Crippen molar-refractivity contribution in [3.63, 3.8) is 0 Å². The summed E-state index contributed by atoms with van der Waals surface area (Å²) < 4.78 is 34.8. The van der Waals surface area contributed by atoms with Gasteiger partial charge < -0.3 is 4.74 Å². The number of esters is 1. The summed E-state index contributed by atoms with van der Waals surface area (Å²) in [6, 6.07) is 9.09. The van der Waals surface area contributed by atoms with Gasteiger partial charge in [-0.05, 0) is 118 Å². The average molecular weight is 479 g/mol. The van der Waals surface area contributed by atoms with Crippen LogP contribution in [0.3, 0.4) is 0 Å². The number of carbonyl (C=O) groups is 1. The first-order chi connectivity index (χ1) is 17.0. The van der Waals surface area contributed by atoms with Crippen LogP contribution < -0.4 is 4.74 Å². The highest BCUT2D eigenvalue weighted by Crippen LogP contribution is 2.48. The van der Waals surface area contributed by atoms with Crippen LogP contribution in [0.2, 0.25) is 0 Å². The third kappa shape index (κ3) is 6.28. The quantitative estimate of drug-likeness (QED) is 0.226. The van der Waals surface area contributed by atoms with Crippen LogP contribution in [0.5, 0.6) is 5.75 Å². The fourth-order valence-corrected chi connectivity index (χ4v) is 6.01. The number of hydrogen-bond acceptors (Lipinski definition) is 2. The van der Waals surface area contributed by atoms with Crippen molar-refractivity contribution in [3.05, 3.63) is 89.0 Å². The SMILES string of the molecule is C/C=C/CCc1ccc(OC(=O)c2ccc(C3CCC4CC(/C=C/C)CCC4C3)c(F)c2)cc1F. The van der Waals surface area contributed by atoms with E-state index in [9.17, 15) is 9.18 Å². The van der Waals surface area contributed by atoms with Gasteiger partial charge in [0.15, 0.2) is 0 Å². The van der Waals surface area contributed by atoms with Gasteiger partial charge in [-0.15, -0.1) is 0 Å². The van der Waals surface area contributed by atoms with Crippen molar-refractivity contribution in [2.75, 3.05) is 0 Å². The normalized spacial score (nSPS) is 24.6. The lowest BCUT2D eigenvalue weighted by molar-refractivity contribution is 0.0733. The van der Waals surface area contributed by atoms with Crippen molar-refractivity contribution in [1.29, 1.82) is 0 Å². The highest BCUT2D eigenvalue weighted by atomic mass is 19.1. The minimum atomic E-state index is -0.678. The first kappa shape index (κ1) is 25.3. The Morgan fingerprint density at radius 3 is 2.49 bits per heavy atom. The molecule has 2 nitrogen and oxygen atoms in total.